The van der Waals surface area contributed by atoms with Gasteiger partial charge in [-0.05, 0) is 50.9 Å². The maximum Gasteiger partial charge on any atom is 0.447 e. The number of fused-ring (bicyclic) bond motifs is 1. The summed E-state index contributed by atoms with van der Waals surface area (Å²) in [4.78, 5) is 18.5. The Kier molecular flexibility index (Phi) is 5.91. The number of halogens is 5. The fourth-order valence-corrected chi connectivity index (χ4v) is 6.51. The Bertz CT molecular complexity index is 1370. The summed E-state index contributed by atoms with van der Waals surface area (Å²) in [5.74, 6) is -0.361. The predicted octanol–water partition coefficient (Wildman–Crippen LogP) is 4.56. The van der Waals surface area contributed by atoms with Gasteiger partial charge < -0.3 is 24.5 Å². The first kappa shape index (κ1) is 25.4. The van der Waals surface area contributed by atoms with Crippen molar-refractivity contribution >= 4 is 28.9 Å². The van der Waals surface area contributed by atoms with E-state index in [0.717, 1.165) is 0 Å². The number of anilines is 1. The maximum atomic E-state index is 14.7. The molecule has 0 aromatic carbocycles. The highest BCUT2D eigenvalue weighted by Gasteiger charge is 2.72. The Morgan fingerprint density at radius 2 is 2.08 bits per heavy atom. The summed E-state index contributed by atoms with van der Waals surface area (Å²) in [7, 11) is 1.84. The molecule has 1 aliphatic heterocycles. The van der Waals surface area contributed by atoms with E-state index in [-0.39, 0.29) is 72.3 Å². The minimum absolute atomic E-state index is 0.0121. The zero-order valence-electron chi connectivity index (χ0n) is 20.3. The first-order chi connectivity index (χ1) is 17.9. The van der Waals surface area contributed by atoms with Crippen LogP contribution in [0, 0.1) is 5.41 Å². The van der Waals surface area contributed by atoms with Gasteiger partial charge in [-0.3, -0.25) is 4.79 Å². The molecule has 3 saturated carbocycles. The molecule has 7 rings (SSSR count). The van der Waals surface area contributed by atoms with E-state index < -0.39 is 28.8 Å². The van der Waals surface area contributed by atoms with E-state index in [2.05, 4.69) is 20.8 Å². The van der Waals surface area contributed by atoms with Gasteiger partial charge in [0.2, 0.25) is 17.6 Å². The van der Waals surface area contributed by atoms with Crippen LogP contribution in [0.1, 0.15) is 31.6 Å². The molecule has 204 valence electrons. The van der Waals surface area contributed by atoms with Crippen molar-refractivity contribution in [2.45, 2.75) is 60.6 Å². The number of nitrogens with zero attached hydrogens (tertiary/aromatic N) is 4. The SMILES string of the molecule is CN1CC[C@@H](Nc2cccn3c(SC(F)(F)F)c(-c4noc(CNC(=O)C56CC(F)(C5)C6)n4)cc23)[C@@H](F)C1. The Morgan fingerprint density at radius 1 is 1.32 bits per heavy atom. The van der Waals surface area contributed by atoms with Crippen LogP contribution in [0.2, 0.25) is 0 Å². The molecule has 2 atom stereocenters. The molecular weight excluding hydrogens is 531 g/mol. The number of carbonyl (C=O) groups is 1. The van der Waals surface area contributed by atoms with Gasteiger partial charge in [-0.2, -0.15) is 18.2 Å². The van der Waals surface area contributed by atoms with Crippen molar-refractivity contribution in [3.05, 3.63) is 30.3 Å². The third-order valence-electron chi connectivity index (χ3n) is 7.62. The van der Waals surface area contributed by atoms with Gasteiger partial charge in [0.1, 0.15) is 11.8 Å². The molecule has 0 spiro atoms. The minimum atomic E-state index is -4.60. The van der Waals surface area contributed by atoms with Crippen LogP contribution >= 0.6 is 11.8 Å². The smallest absolute Gasteiger partial charge is 0.378 e. The number of carbonyl (C=O) groups excluding carboxylic acids is 1. The topological polar surface area (TPSA) is 87.7 Å². The van der Waals surface area contributed by atoms with Crippen LogP contribution in [-0.4, -0.2) is 68.9 Å². The van der Waals surface area contributed by atoms with Crippen molar-refractivity contribution in [1.29, 1.82) is 0 Å². The van der Waals surface area contributed by atoms with Crippen LogP contribution in [0.25, 0.3) is 16.9 Å². The number of likely N-dealkylation sites (tertiary alicyclic amines) is 1. The molecule has 14 heteroatoms. The van der Waals surface area contributed by atoms with E-state index in [1.807, 2.05) is 11.9 Å². The summed E-state index contributed by atoms with van der Waals surface area (Å²) in [6, 6.07) is 4.30. The molecule has 3 aromatic rings. The van der Waals surface area contributed by atoms with E-state index in [1.165, 1.54) is 16.7 Å². The van der Waals surface area contributed by atoms with Crippen LogP contribution < -0.4 is 10.6 Å². The second-order valence-electron chi connectivity index (χ2n) is 10.6. The lowest BCUT2D eigenvalue weighted by atomic mass is 9.42. The maximum absolute atomic E-state index is 14.7. The fourth-order valence-electron chi connectivity index (χ4n) is 5.77. The highest BCUT2D eigenvalue weighted by molar-refractivity contribution is 8.00. The number of amides is 1. The summed E-state index contributed by atoms with van der Waals surface area (Å²) in [6.45, 7) is 0.837. The molecule has 2 N–H and O–H groups in total. The Labute approximate surface area is 218 Å². The lowest BCUT2D eigenvalue weighted by molar-refractivity contribution is -0.213. The number of thioether (sulfide) groups is 1. The van der Waals surface area contributed by atoms with Gasteiger partial charge in [0, 0.05) is 31.0 Å². The first-order valence-electron chi connectivity index (χ1n) is 12.2. The number of piperidine rings is 1. The van der Waals surface area contributed by atoms with Crippen molar-refractivity contribution in [1.82, 2.24) is 24.8 Å². The molecule has 3 aliphatic carbocycles. The van der Waals surface area contributed by atoms with Crippen LogP contribution in [-0.2, 0) is 11.3 Å². The second-order valence-corrected chi connectivity index (χ2v) is 11.6. The summed E-state index contributed by atoms with van der Waals surface area (Å²) in [5.41, 5.74) is -5.51. The quantitative estimate of drug-likeness (QED) is 0.326. The highest BCUT2D eigenvalue weighted by Crippen LogP contribution is 2.69. The molecule has 1 amide bonds. The third kappa shape index (κ3) is 4.51. The molecular formula is C24H25F5N6O2S. The summed E-state index contributed by atoms with van der Waals surface area (Å²) < 4.78 is 75.6. The molecule has 1 saturated heterocycles. The lowest BCUT2D eigenvalue weighted by Crippen LogP contribution is -2.69. The molecule has 4 aliphatic rings. The molecule has 0 unspecified atom stereocenters. The Hall–Kier alpha value is -2.87. The molecule has 4 heterocycles. The number of hydrogen-bond acceptors (Lipinski definition) is 7. The molecule has 38 heavy (non-hydrogen) atoms. The number of rotatable bonds is 7. The molecule has 3 aromatic heterocycles. The van der Waals surface area contributed by atoms with Gasteiger partial charge in [0.25, 0.3) is 0 Å². The summed E-state index contributed by atoms with van der Waals surface area (Å²) in [5, 5.41) is 9.51. The van der Waals surface area contributed by atoms with Gasteiger partial charge in [-0.15, -0.1) is 0 Å². The second kappa shape index (κ2) is 8.83. The number of alkyl halides is 5. The van der Waals surface area contributed by atoms with Crippen LogP contribution in [0.5, 0.6) is 0 Å². The van der Waals surface area contributed by atoms with Crippen molar-refractivity contribution in [2.24, 2.45) is 5.41 Å². The zero-order valence-corrected chi connectivity index (χ0v) is 21.1. The Morgan fingerprint density at radius 3 is 2.76 bits per heavy atom. The van der Waals surface area contributed by atoms with Crippen LogP contribution in [0.15, 0.2) is 33.9 Å². The van der Waals surface area contributed by atoms with Crippen molar-refractivity contribution in [3.8, 4) is 11.4 Å². The van der Waals surface area contributed by atoms with E-state index in [0.29, 0.717) is 24.2 Å². The van der Waals surface area contributed by atoms with E-state index >= 15 is 0 Å². The number of nitrogens with one attached hydrogen (secondary N) is 2. The zero-order chi connectivity index (χ0) is 26.9. The number of pyridine rings is 1. The average Bonchev–Trinajstić information content (AvgIpc) is 3.41. The minimum Gasteiger partial charge on any atom is -0.378 e. The molecule has 4 fully saturated rings. The van der Waals surface area contributed by atoms with Gasteiger partial charge >= 0.3 is 5.51 Å². The van der Waals surface area contributed by atoms with Crippen LogP contribution in [0.4, 0.5) is 27.6 Å². The summed E-state index contributed by atoms with van der Waals surface area (Å²) >= 11 is -0.312. The van der Waals surface area contributed by atoms with Crippen molar-refractivity contribution < 1.29 is 31.3 Å². The largest absolute Gasteiger partial charge is 0.447 e. The molecule has 2 bridgehead atoms. The van der Waals surface area contributed by atoms with Gasteiger partial charge in [-0.25, -0.2) is 8.78 Å². The van der Waals surface area contributed by atoms with E-state index in [9.17, 15) is 26.7 Å². The fraction of sp³-hybridized carbons (Fsp3) is 0.542. The van der Waals surface area contributed by atoms with Crippen molar-refractivity contribution in [3.63, 3.8) is 0 Å². The number of hydrogen-bond donors (Lipinski definition) is 2. The van der Waals surface area contributed by atoms with Crippen molar-refractivity contribution in [2.75, 3.05) is 25.5 Å². The van der Waals surface area contributed by atoms with E-state index in [4.69, 9.17) is 4.52 Å². The van der Waals surface area contributed by atoms with Gasteiger partial charge in [0.15, 0.2) is 0 Å². The van der Waals surface area contributed by atoms with Gasteiger partial charge in [-0.1, -0.05) is 5.16 Å². The summed E-state index contributed by atoms with van der Waals surface area (Å²) in [6.07, 6.45) is 1.50. The predicted molar refractivity (Wildman–Crippen MR) is 129 cm³/mol. The lowest BCUT2D eigenvalue weighted by Gasteiger charge is -2.64. The highest BCUT2D eigenvalue weighted by atomic mass is 32.2. The standard InChI is InChI=1S/C24H25F5N6O2S/c1-34-6-4-15(14(25)9-34)31-16-3-2-5-35-17(16)7-13(20(35)38-24(27,28)29)19-32-18(37-33-19)8-30-21(36)22-10-23(26,11-22)12-22/h2-3,5,7,14-15,31H,4,6,8-12H2,1H3,(H,30,36)/t14-,15+,22?,23?/m0/s1. The number of aromatic nitrogens is 3. The van der Waals surface area contributed by atoms with Crippen LogP contribution in [0.3, 0.4) is 0 Å². The first-order valence-corrected chi connectivity index (χ1v) is 13.0. The third-order valence-corrected chi connectivity index (χ3v) is 8.46. The Balaban J connectivity index is 1.27. The average molecular weight is 557 g/mol. The molecule has 8 nitrogen and oxygen atoms in total. The monoisotopic (exact) mass is 556 g/mol. The normalized spacial score (nSPS) is 29.1. The van der Waals surface area contributed by atoms with E-state index in [1.54, 1.807) is 12.1 Å². The van der Waals surface area contributed by atoms with Gasteiger partial charge in [0.05, 0.1) is 39.8 Å². The molecule has 0 radical (unpaired) electrons.